The Hall–Kier alpha value is -1.95. The van der Waals surface area contributed by atoms with Crippen LogP contribution in [0.2, 0.25) is 0 Å². The number of amides is 1. The van der Waals surface area contributed by atoms with Crippen LogP contribution < -0.4 is 0 Å². The molecule has 2 rings (SSSR count). The van der Waals surface area contributed by atoms with Crippen LogP contribution in [0.3, 0.4) is 0 Å². The van der Waals surface area contributed by atoms with E-state index in [-0.39, 0.29) is 29.0 Å². The number of carbonyl (C=O) groups is 2. The number of rotatable bonds is 3. The van der Waals surface area contributed by atoms with Crippen LogP contribution in [-0.4, -0.2) is 51.7 Å². The monoisotopic (exact) mass is 306 g/mol. The van der Waals surface area contributed by atoms with E-state index in [1.54, 1.807) is 17.0 Å². The number of aromatic carboxylic acids is 1. The zero-order valence-corrected chi connectivity index (χ0v) is 13.2. The van der Waals surface area contributed by atoms with Crippen molar-refractivity contribution < 1.29 is 19.4 Å². The summed E-state index contributed by atoms with van der Waals surface area (Å²) in [5.41, 5.74) is -0.124. The van der Waals surface area contributed by atoms with Gasteiger partial charge in [0.25, 0.3) is 5.91 Å². The SMILES string of the molecule is CC(C)(C)OC1CCN(C(=O)c2cccc(C(=O)O)n2)CC1. The lowest BCUT2D eigenvalue weighted by molar-refractivity contribution is -0.0791. The van der Waals surface area contributed by atoms with Crippen molar-refractivity contribution in [3.8, 4) is 0 Å². The molecule has 1 aromatic heterocycles. The summed E-state index contributed by atoms with van der Waals surface area (Å²) in [6, 6.07) is 4.47. The average Bonchev–Trinajstić information content (AvgIpc) is 2.46. The Morgan fingerprint density at radius 3 is 2.36 bits per heavy atom. The van der Waals surface area contributed by atoms with Crippen LogP contribution in [0.5, 0.6) is 0 Å². The van der Waals surface area contributed by atoms with Gasteiger partial charge in [0.15, 0.2) is 0 Å². The molecule has 6 heteroatoms. The van der Waals surface area contributed by atoms with E-state index >= 15 is 0 Å². The minimum atomic E-state index is -1.13. The summed E-state index contributed by atoms with van der Waals surface area (Å²) in [6.45, 7) is 7.25. The second-order valence-electron chi connectivity index (χ2n) is 6.44. The average molecular weight is 306 g/mol. The van der Waals surface area contributed by atoms with Crippen molar-refractivity contribution in [2.75, 3.05) is 13.1 Å². The zero-order valence-electron chi connectivity index (χ0n) is 13.2. The molecule has 1 saturated heterocycles. The molecule has 1 aromatic rings. The molecule has 0 aliphatic carbocycles. The second-order valence-corrected chi connectivity index (χ2v) is 6.44. The molecule has 1 fully saturated rings. The molecule has 0 atom stereocenters. The Labute approximate surface area is 130 Å². The predicted molar refractivity (Wildman–Crippen MR) is 81.0 cm³/mol. The van der Waals surface area contributed by atoms with Crippen molar-refractivity contribution in [3.05, 3.63) is 29.6 Å². The number of likely N-dealkylation sites (tertiary alicyclic amines) is 1. The molecular weight excluding hydrogens is 284 g/mol. The van der Waals surface area contributed by atoms with Gasteiger partial charge in [0.2, 0.25) is 0 Å². The van der Waals surface area contributed by atoms with Gasteiger partial charge in [0.1, 0.15) is 11.4 Å². The number of hydrogen-bond acceptors (Lipinski definition) is 4. The molecule has 1 amide bonds. The molecule has 0 radical (unpaired) electrons. The van der Waals surface area contributed by atoms with E-state index in [2.05, 4.69) is 4.98 Å². The van der Waals surface area contributed by atoms with Crippen LogP contribution in [0, 0.1) is 0 Å². The summed E-state index contributed by atoms with van der Waals surface area (Å²) < 4.78 is 5.93. The predicted octanol–water partition coefficient (Wildman–Crippen LogP) is 2.20. The molecule has 1 aliphatic heterocycles. The first-order valence-electron chi connectivity index (χ1n) is 7.44. The minimum Gasteiger partial charge on any atom is -0.477 e. The molecule has 0 bridgehead atoms. The Bertz CT molecular complexity index is 558. The summed E-state index contributed by atoms with van der Waals surface area (Å²) in [5, 5.41) is 8.94. The molecule has 2 heterocycles. The van der Waals surface area contributed by atoms with E-state index in [0.29, 0.717) is 13.1 Å². The van der Waals surface area contributed by atoms with Gasteiger partial charge in [0.05, 0.1) is 11.7 Å². The minimum absolute atomic E-state index is 0.114. The molecule has 1 N–H and O–H groups in total. The van der Waals surface area contributed by atoms with Crippen LogP contribution in [0.25, 0.3) is 0 Å². The standard InChI is InChI=1S/C16H22N2O4/c1-16(2,3)22-11-7-9-18(10-8-11)14(19)12-5-4-6-13(17-12)15(20)21/h4-6,11H,7-10H2,1-3H3,(H,20,21). The van der Waals surface area contributed by atoms with E-state index in [0.717, 1.165) is 12.8 Å². The maximum absolute atomic E-state index is 12.4. The highest BCUT2D eigenvalue weighted by Gasteiger charge is 2.27. The number of piperidine rings is 1. The molecule has 0 aromatic carbocycles. The highest BCUT2D eigenvalue weighted by Crippen LogP contribution is 2.21. The second kappa shape index (κ2) is 6.44. The van der Waals surface area contributed by atoms with Crippen LogP contribution in [0.4, 0.5) is 0 Å². The first-order valence-corrected chi connectivity index (χ1v) is 7.44. The lowest BCUT2D eigenvalue weighted by Crippen LogP contribution is -2.43. The van der Waals surface area contributed by atoms with Crippen LogP contribution in [0.1, 0.15) is 54.6 Å². The third kappa shape index (κ3) is 4.27. The van der Waals surface area contributed by atoms with E-state index in [1.165, 1.54) is 6.07 Å². The Morgan fingerprint density at radius 2 is 1.82 bits per heavy atom. The third-order valence-corrected chi connectivity index (χ3v) is 3.44. The maximum Gasteiger partial charge on any atom is 0.354 e. The van der Waals surface area contributed by atoms with Crippen molar-refractivity contribution >= 4 is 11.9 Å². The first kappa shape index (κ1) is 16.4. The molecule has 6 nitrogen and oxygen atoms in total. The topological polar surface area (TPSA) is 79.7 Å². The van der Waals surface area contributed by atoms with Crippen LogP contribution in [-0.2, 0) is 4.74 Å². The van der Waals surface area contributed by atoms with Gasteiger partial charge in [-0.05, 0) is 45.7 Å². The quantitative estimate of drug-likeness (QED) is 0.926. The lowest BCUT2D eigenvalue weighted by Gasteiger charge is -2.35. The highest BCUT2D eigenvalue weighted by atomic mass is 16.5. The Kier molecular flexibility index (Phi) is 4.81. The molecule has 22 heavy (non-hydrogen) atoms. The number of aromatic nitrogens is 1. The molecular formula is C16H22N2O4. The molecule has 0 saturated carbocycles. The Balaban J connectivity index is 1.98. The lowest BCUT2D eigenvalue weighted by atomic mass is 10.1. The maximum atomic E-state index is 12.4. The fourth-order valence-corrected chi connectivity index (χ4v) is 2.51. The number of carboxylic acid groups (broad SMARTS) is 1. The summed E-state index contributed by atoms with van der Waals surface area (Å²) >= 11 is 0. The highest BCUT2D eigenvalue weighted by molar-refractivity contribution is 5.94. The van der Waals surface area contributed by atoms with E-state index in [9.17, 15) is 9.59 Å². The molecule has 1 aliphatic rings. The summed E-state index contributed by atoms with van der Waals surface area (Å²) in [5.74, 6) is -1.36. The third-order valence-electron chi connectivity index (χ3n) is 3.44. The van der Waals surface area contributed by atoms with Crippen molar-refractivity contribution in [1.29, 1.82) is 0 Å². The summed E-state index contributed by atoms with van der Waals surface area (Å²) in [4.78, 5) is 28.9. The van der Waals surface area contributed by atoms with E-state index in [4.69, 9.17) is 9.84 Å². The smallest absolute Gasteiger partial charge is 0.354 e. The summed E-state index contributed by atoms with van der Waals surface area (Å²) in [6.07, 6.45) is 1.71. The van der Waals surface area contributed by atoms with Crippen LogP contribution >= 0.6 is 0 Å². The van der Waals surface area contributed by atoms with Crippen LogP contribution in [0.15, 0.2) is 18.2 Å². The molecule has 0 spiro atoms. The number of pyridine rings is 1. The number of carbonyl (C=O) groups excluding carboxylic acids is 1. The number of hydrogen-bond donors (Lipinski definition) is 1. The number of ether oxygens (including phenoxy) is 1. The van der Waals surface area contributed by atoms with E-state index in [1.807, 2.05) is 20.8 Å². The molecule has 0 unspecified atom stereocenters. The van der Waals surface area contributed by atoms with Crippen molar-refractivity contribution in [3.63, 3.8) is 0 Å². The van der Waals surface area contributed by atoms with Crippen molar-refractivity contribution in [1.82, 2.24) is 9.88 Å². The first-order chi connectivity index (χ1) is 10.3. The normalized spacial score (nSPS) is 16.6. The fourth-order valence-electron chi connectivity index (χ4n) is 2.51. The van der Waals surface area contributed by atoms with Gasteiger partial charge in [-0.3, -0.25) is 4.79 Å². The van der Waals surface area contributed by atoms with Gasteiger partial charge in [-0.25, -0.2) is 9.78 Å². The fraction of sp³-hybridized carbons (Fsp3) is 0.562. The van der Waals surface area contributed by atoms with Crippen molar-refractivity contribution in [2.24, 2.45) is 0 Å². The van der Waals surface area contributed by atoms with Gasteiger partial charge >= 0.3 is 5.97 Å². The van der Waals surface area contributed by atoms with Gasteiger partial charge < -0.3 is 14.7 Å². The molecule has 120 valence electrons. The Morgan fingerprint density at radius 1 is 1.23 bits per heavy atom. The summed E-state index contributed by atoms with van der Waals surface area (Å²) in [7, 11) is 0. The number of nitrogens with zero attached hydrogens (tertiary/aromatic N) is 2. The zero-order chi connectivity index (χ0) is 16.3. The van der Waals surface area contributed by atoms with Crippen molar-refractivity contribution in [2.45, 2.75) is 45.3 Å². The van der Waals surface area contributed by atoms with Gasteiger partial charge in [0, 0.05) is 13.1 Å². The van der Waals surface area contributed by atoms with E-state index < -0.39 is 5.97 Å². The number of carboxylic acids is 1. The van der Waals surface area contributed by atoms with Gasteiger partial charge in [-0.2, -0.15) is 0 Å². The largest absolute Gasteiger partial charge is 0.477 e. The van der Waals surface area contributed by atoms with Gasteiger partial charge in [-0.1, -0.05) is 6.07 Å². The van der Waals surface area contributed by atoms with Gasteiger partial charge in [-0.15, -0.1) is 0 Å².